The van der Waals surface area contributed by atoms with Crippen LogP contribution in [0.15, 0.2) is 30.5 Å². The number of carbonyl (C=O) groups is 1. The molecule has 0 bridgehead atoms. The molecular weight excluding hydrogens is 273 g/mol. The Morgan fingerprint density at radius 2 is 2.10 bits per heavy atom. The maximum atomic E-state index is 12.6. The molecule has 5 nitrogen and oxygen atoms in total. The van der Waals surface area contributed by atoms with Gasteiger partial charge < -0.3 is 5.73 Å². The van der Waals surface area contributed by atoms with Gasteiger partial charge in [-0.25, -0.2) is 0 Å². The Labute approximate surface area is 112 Å². The maximum absolute atomic E-state index is 12.6. The number of carbonyl (C=O) groups excluding carboxylic acids is 1. The molecule has 0 unspecified atom stereocenters. The van der Waals surface area contributed by atoms with Crippen LogP contribution in [0.25, 0.3) is 0 Å². The van der Waals surface area contributed by atoms with E-state index in [1.165, 1.54) is 23.0 Å². The number of hydrogen-bond donors (Lipinski definition) is 1. The summed E-state index contributed by atoms with van der Waals surface area (Å²) < 4.78 is 39.1. The molecule has 0 radical (unpaired) electrons. The van der Waals surface area contributed by atoms with Crippen molar-refractivity contribution in [2.24, 2.45) is 5.73 Å². The molecule has 2 N–H and O–H groups in total. The molecule has 0 saturated carbocycles. The topological polar surface area (TPSA) is 73.8 Å². The molecule has 1 aromatic heterocycles. The fourth-order valence-corrected chi connectivity index (χ4v) is 1.63. The number of alkyl halides is 3. The summed E-state index contributed by atoms with van der Waals surface area (Å²) in [4.78, 5) is 12.0. The van der Waals surface area contributed by atoms with E-state index in [4.69, 9.17) is 5.73 Å². The van der Waals surface area contributed by atoms with E-state index in [-0.39, 0.29) is 11.3 Å². The largest absolute Gasteiger partial charge is 0.416 e. The third kappa shape index (κ3) is 3.02. The van der Waals surface area contributed by atoms with Crippen LogP contribution < -0.4 is 5.73 Å². The Balaban J connectivity index is 2.28. The summed E-state index contributed by atoms with van der Waals surface area (Å²) in [5.41, 5.74) is 4.35. The summed E-state index contributed by atoms with van der Waals surface area (Å²) in [6, 6.07) is 4.19. The molecule has 0 spiro atoms. The van der Waals surface area contributed by atoms with Crippen molar-refractivity contribution < 1.29 is 18.0 Å². The van der Waals surface area contributed by atoms with Gasteiger partial charge in [-0.15, -0.1) is 5.10 Å². The molecule has 2 rings (SSSR count). The van der Waals surface area contributed by atoms with E-state index in [0.717, 1.165) is 12.1 Å². The highest BCUT2D eigenvalue weighted by molar-refractivity contribution is 6.07. The van der Waals surface area contributed by atoms with Gasteiger partial charge in [-0.1, -0.05) is 17.3 Å². The van der Waals surface area contributed by atoms with Crippen LogP contribution in [0, 0.1) is 0 Å². The predicted molar refractivity (Wildman–Crippen MR) is 64.0 cm³/mol. The lowest BCUT2D eigenvalue weighted by Gasteiger charge is -2.07. The molecule has 1 aromatic carbocycles. The lowest BCUT2D eigenvalue weighted by Crippen LogP contribution is -2.10. The Kier molecular flexibility index (Phi) is 3.84. The van der Waals surface area contributed by atoms with Crippen molar-refractivity contribution in [2.45, 2.75) is 12.7 Å². The number of nitrogens with two attached hydrogens (primary N) is 1. The van der Waals surface area contributed by atoms with E-state index in [1.807, 2.05) is 0 Å². The quantitative estimate of drug-likeness (QED) is 0.863. The van der Waals surface area contributed by atoms with Crippen molar-refractivity contribution in [2.75, 3.05) is 6.54 Å². The highest BCUT2D eigenvalue weighted by Gasteiger charge is 2.31. The zero-order chi connectivity index (χ0) is 14.8. The number of hydrogen-bond acceptors (Lipinski definition) is 4. The van der Waals surface area contributed by atoms with Crippen molar-refractivity contribution in [3.63, 3.8) is 0 Å². The molecule has 8 heteroatoms. The zero-order valence-corrected chi connectivity index (χ0v) is 10.3. The number of benzene rings is 1. The zero-order valence-electron chi connectivity index (χ0n) is 10.3. The van der Waals surface area contributed by atoms with Crippen LogP contribution in [0.3, 0.4) is 0 Å². The summed E-state index contributed by atoms with van der Waals surface area (Å²) in [5.74, 6) is -0.612. The molecular formula is C12H11F3N4O. The number of aromatic nitrogens is 3. The fraction of sp³-hybridized carbons (Fsp3) is 0.250. The first-order valence-corrected chi connectivity index (χ1v) is 5.74. The summed E-state index contributed by atoms with van der Waals surface area (Å²) >= 11 is 0. The molecule has 0 aliphatic carbocycles. The van der Waals surface area contributed by atoms with E-state index in [0.29, 0.717) is 13.1 Å². The minimum Gasteiger partial charge on any atom is -0.329 e. The van der Waals surface area contributed by atoms with Crippen LogP contribution in [-0.4, -0.2) is 27.3 Å². The summed E-state index contributed by atoms with van der Waals surface area (Å²) in [5, 5.41) is 7.30. The molecule has 106 valence electrons. The molecule has 0 amide bonds. The van der Waals surface area contributed by atoms with Crippen LogP contribution in [-0.2, 0) is 12.7 Å². The first-order chi connectivity index (χ1) is 9.41. The Morgan fingerprint density at radius 3 is 2.75 bits per heavy atom. The number of halogens is 3. The molecule has 0 aliphatic heterocycles. The second kappa shape index (κ2) is 5.41. The lowest BCUT2D eigenvalue weighted by molar-refractivity contribution is -0.137. The normalized spacial score (nSPS) is 11.6. The van der Waals surface area contributed by atoms with Gasteiger partial charge in [0.15, 0.2) is 5.69 Å². The second-order valence-corrected chi connectivity index (χ2v) is 4.06. The van der Waals surface area contributed by atoms with Crippen LogP contribution in [0.1, 0.15) is 21.6 Å². The highest BCUT2D eigenvalue weighted by atomic mass is 19.4. The molecule has 0 fully saturated rings. The Hall–Kier alpha value is -2.22. The number of rotatable bonds is 4. The van der Waals surface area contributed by atoms with Crippen LogP contribution in [0.4, 0.5) is 13.2 Å². The smallest absolute Gasteiger partial charge is 0.329 e. The maximum Gasteiger partial charge on any atom is 0.416 e. The van der Waals surface area contributed by atoms with Crippen LogP contribution >= 0.6 is 0 Å². The van der Waals surface area contributed by atoms with E-state index < -0.39 is 17.5 Å². The SMILES string of the molecule is NCCn1cc(C(=O)c2cccc(C(F)(F)F)c2)nn1. The Morgan fingerprint density at radius 1 is 1.35 bits per heavy atom. The van der Waals surface area contributed by atoms with Crippen molar-refractivity contribution in [1.82, 2.24) is 15.0 Å². The van der Waals surface area contributed by atoms with Gasteiger partial charge in [0.05, 0.1) is 18.3 Å². The molecule has 2 aromatic rings. The van der Waals surface area contributed by atoms with Crippen molar-refractivity contribution in [1.29, 1.82) is 0 Å². The van der Waals surface area contributed by atoms with E-state index in [1.54, 1.807) is 0 Å². The summed E-state index contributed by atoms with van der Waals surface area (Å²) in [7, 11) is 0. The molecule has 0 saturated heterocycles. The third-order valence-electron chi connectivity index (χ3n) is 2.58. The van der Waals surface area contributed by atoms with Crippen LogP contribution in [0.5, 0.6) is 0 Å². The molecule has 1 heterocycles. The number of ketones is 1. The van der Waals surface area contributed by atoms with Gasteiger partial charge in [-0.05, 0) is 12.1 Å². The van der Waals surface area contributed by atoms with Gasteiger partial charge in [-0.3, -0.25) is 9.48 Å². The van der Waals surface area contributed by atoms with E-state index >= 15 is 0 Å². The van der Waals surface area contributed by atoms with Gasteiger partial charge in [0, 0.05) is 12.1 Å². The second-order valence-electron chi connectivity index (χ2n) is 4.06. The van der Waals surface area contributed by atoms with E-state index in [9.17, 15) is 18.0 Å². The van der Waals surface area contributed by atoms with Crippen molar-refractivity contribution in [3.8, 4) is 0 Å². The van der Waals surface area contributed by atoms with Gasteiger partial charge in [-0.2, -0.15) is 13.2 Å². The molecule has 0 aliphatic rings. The van der Waals surface area contributed by atoms with Crippen LogP contribution in [0.2, 0.25) is 0 Å². The van der Waals surface area contributed by atoms with Gasteiger partial charge in [0.1, 0.15) is 0 Å². The Bertz CT molecular complexity index is 621. The average molecular weight is 284 g/mol. The van der Waals surface area contributed by atoms with Crippen molar-refractivity contribution in [3.05, 3.63) is 47.3 Å². The molecule has 20 heavy (non-hydrogen) atoms. The molecule has 0 atom stereocenters. The minimum atomic E-state index is -4.49. The third-order valence-corrected chi connectivity index (χ3v) is 2.58. The highest BCUT2D eigenvalue weighted by Crippen LogP contribution is 2.29. The fourth-order valence-electron chi connectivity index (χ4n) is 1.63. The predicted octanol–water partition coefficient (Wildman–Crippen LogP) is 1.49. The summed E-state index contributed by atoms with van der Waals surface area (Å²) in [6.45, 7) is 0.698. The van der Waals surface area contributed by atoms with Gasteiger partial charge in [0.25, 0.3) is 0 Å². The summed E-state index contributed by atoms with van der Waals surface area (Å²) in [6.07, 6.45) is -3.14. The first kappa shape index (κ1) is 14.2. The first-order valence-electron chi connectivity index (χ1n) is 5.74. The lowest BCUT2D eigenvalue weighted by atomic mass is 10.1. The number of nitrogens with zero attached hydrogens (tertiary/aromatic N) is 3. The van der Waals surface area contributed by atoms with Gasteiger partial charge >= 0.3 is 6.18 Å². The monoisotopic (exact) mass is 284 g/mol. The standard InChI is InChI=1S/C12H11F3N4O/c13-12(14,15)9-3-1-2-8(6-9)11(20)10-7-19(5-4-16)18-17-10/h1-3,6-7H,4-5,16H2. The van der Waals surface area contributed by atoms with Gasteiger partial charge in [0.2, 0.25) is 5.78 Å². The minimum absolute atomic E-state index is 0.0159. The van der Waals surface area contributed by atoms with Crippen molar-refractivity contribution >= 4 is 5.78 Å². The average Bonchev–Trinajstić information content (AvgIpc) is 2.86. The van der Waals surface area contributed by atoms with E-state index in [2.05, 4.69) is 10.3 Å².